The first-order valence-corrected chi connectivity index (χ1v) is 7.45. The zero-order valence-electron chi connectivity index (χ0n) is 12.3. The summed E-state index contributed by atoms with van der Waals surface area (Å²) in [5.74, 6) is 0.702. The first-order valence-electron chi connectivity index (χ1n) is 6.66. The van der Waals surface area contributed by atoms with Crippen molar-refractivity contribution in [3.05, 3.63) is 22.2 Å². The van der Waals surface area contributed by atoms with Gasteiger partial charge in [-0.25, -0.2) is 0 Å². The molecule has 0 unspecified atom stereocenters. The van der Waals surface area contributed by atoms with E-state index in [0.29, 0.717) is 24.7 Å². The third kappa shape index (κ3) is 5.03. The normalized spacial score (nSPS) is 11.6. The molecule has 1 aromatic rings. The van der Waals surface area contributed by atoms with Gasteiger partial charge < -0.3 is 15.2 Å². The minimum Gasteiger partial charge on any atom is -0.488 e. The Morgan fingerprint density at radius 3 is 2.37 bits per heavy atom. The fourth-order valence-electron chi connectivity index (χ4n) is 1.65. The Bertz CT molecular complexity index is 390. The Hall–Kier alpha value is -0.740. The maximum atomic E-state index is 6.06. The van der Waals surface area contributed by atoms with Gasteiger partial charge in [-0.3, -0.25) is 0 Å². The molecule has 0 aliphatic carbocycles. The van der Waals surface area contributed by atoms with E-state index in [1.807, 2.05) is 6.07 Å². The van der Waals surface area contributed by atoms with E-state index in [-0.39, 0.29) is 5.41 Å². The minimum absolute atomic E-state index is 0.0689. The number of ether oxygens (including phenoxy) is 2. The fourth-order valence-corrected chi connectivity index (χ4v) is 2.24. The van der Waals surface area contributed by atoms with Gasteiger partial charge in [-0.1, -0.05) is 27.7 Å². The molecule has 0 heterocycles. The van der Waals surface area contributed by atoms with Gasteiger partial charge in [0.05, 0.1) is 16.8 Å². The highest BCUT2D eigenvalue weighted by Crippen LogP contribution is 2.36. The Morgan fingerprint density at radius 1 is 1.16 bits per heavy atom. The lowest BCUT2D eigenvalue weighted by Gasteiger charge is -2.21. The number of anilines is 1. The molecule has 0 saturated heterocycles. The van der Waals surface area contributed by atoms with Gasteiger partial charge in [0.15, 0.2) is 5.75 Å². The highest BCUT2D eigenvalue weighted by Gasteiger charge is 2.17. The van der Waals surface area contributed by atoms with Crippen molar-refractivity contribution in [1.82, 2.24) is 0 Å². The van der Waals surface area contributed by atoms with E-state index in [9.17, 15) is 0 Å². The van der Waals surface area contributed by atoms with Crippen LogP contribution in [0.4, 0.5) is 5.69 Å². The number of benzene rings is 1. The summed E-state index contributed by atoms with van der Waals surface area (Å²) >= 11 is 3.53. The van der Waals surface area contributed by atoms with Gasteiger partial charge >= 0.3 is 0 Å². The molecule has 2 N–H and O–H groups in total. The number of halogens is 1. The lowest BCUT2D eigenvalue weighted by atomic mass is 9.87. The molecule has 19 heavy (non-hydrogen) atoms. The molecule has 0 radical (unpaired) electrons. The molecule has 0 bridgehead atoms. The number of hydrogen-bond acceptors (Lipinski definition) is 3. The number of hydrogen-bond donors (Lipinski definition) is 1. The monoisotopic (exact) mass is 329 g/mol. The van der Waals surface area contributed by atoms with E-state index in [0.717, 1.165) is 17.5 Å². The molecule has 0 amide bonds. The quantitative estimate of drug-likeness (QED) is 0.630. The summed E-state index contributed by atoms with van der Waals surface area (Å²) in [5, 5.41) is 0. The van der Waals surface area contributed by atoms with E-state index < -0.39 is 0 Å². The predicted octanol–water partition coefficient (Wildman–Crippen LogP) is 4.13. The summed E-state index contributed by atoms with van der Waals surface area (Å²) < 4.78 is 12.0. The minimum atomic E-state index is 0.0689. The van der Waals surface area contributed by atoms with Crippen molar-refractivity contribution in [1.29, 1.82) is 0 Å². The van der Waals surface area contributed by atoms with Gasteiger partial charge in [0.1, 0.15) is 6.61 Å². The van der Waals surface area contributed by atoms with Crippen molar-refractivity contribution < 1.29 is 9.47 Å². The summed E-state index contributed by atoms with van der Waals surface area (Å²) in [6.07, 6.45) is 1.02. The second kappa shape index (κ2) is 7.15. The van der Waals surface area contributed by atoms with Gasteiger partial charge in [0, 0.05) is 6.61 Å². The van der Waals surface area contributed by atoms with Gasteiger partial charge in [0.2, 0.25) is 0 Å². The largest absolute Gasteiger partial charge is 0.488 e. The second-order valence-electron chi connectivity index (χ2n) is 5.59. The summed E-state index contributed by atoms with van der Waals surface area (Å²) in [6.45, 7) is 10.4. The van der Waals surface area contributed by atoms with Gasteiger partial charge in [-0.05, 0) is 45.5 Å². The van der Waals surface area contributed by atoms with Gasteiger partial charge in [-0.2, -0.15) is 0 Å². The van der Waals surface area contributed by atoms with Crippen LogP contribution in [0.5, 0.6) is 5.75 Å². The van der Waals surface area contributed by atoms with Crippen LogP contribution in [0.25, 0.3) is 0 Å². The Labute approximate surface area is 124 Å². The van der Waals surface area contributed by atoms with Crippen molar-refractivity contribution >= 4 is 21.6 Å². The van der Waals surface area contributed by atoms with Crippen molar-refractivity contribution in [3.63, 3.8) is 0 Å². The molecule has 0 aliphatic heterocycles. The van der Waals surface area contributed by atoms with Crippen LogP contribution >= 0.6 is 15.9 Å². The molecule has 0 aromatic heterocycles. The number of nitrogen functional groups attached to an aromatic ring is 1. The third-order valence-corrected chi connectivity index (χ3v) is 3.35. The Balaban J connectivity index is 2.70. The number of rotatable bonds is 6. The molecule has 0 spiro atoms. The molecule has 108 valence electrons. The van der Waals surface area contributed by atoms with Crippen LogP contribution in [0, 0.1) is 0 Å². The number of nitrogens with two attached hydrogens (primary N) is 1. The molecule has 0 fully saturated rings. The molecule has 0 saturated carbocycles. The van der Waals surface area contributed by atoms with Crippen LogP contribution in [0.3, 0.4) is 0 Å². The summed E-state index contributed by atoms with van der Waals surface area (Å²) in [6, 6.07) is 4.05. The van der Waals surface area contributed by atoms with Crippen LogP contribution < -0.4 is 10.5 Å². The molecular formula is C15H24BrNO2. The standard InChI is InChI=1S/C15H24BrNO2/c1-5-6-18-7-8-19-14-12(16)9-11(10-13(14)17)15(2,3)4/h9-10H,5-8,17H2,1-4H3. The van der Waals surface area contributed by atoms with E-state index in [1.54, 1.807) is 0 Å². The van der Waals surface area contributed by atoms with E-state index in [1.165, 1.54) is 5.56 Å². The zero-order valence-corrected chi connectivity index (χ0v) is 13.8. The van der Waals surface area contributed by atoms with Crippen LogP contribution in [-0.4, -0.2) is 19.8 Å². The average Bonchev–Trinajstić information content (AvgIpc) is 2.30. The molecule has 1 rings (SSSR count). The highest BCUT2D eigenvalue weighted by atomic mass is 79.9. The lowest BCUT2D eigenvalue weighted by Crippen LogP contribution is -2.13. The molecule has 1 aromatic carbocycles. The van der Waals surface area contributed by atoms with Crippen molar-refractivity contribution in [2.24, 2.45) is 0 Å². The van der Waals surface area contributed by atoms with E-state index in [4.69, 9.17) is 15.2 Å². The van der Waals surface area contributed by atoms with Crippen LogP contribution in [0.15, 0.2) is 16.6 Å². The topological polar surface area (TPSA) is 44.5 Å². The molecule has 3 nitrogen and oxygen atoms in total. The van der Waals surface area contributed by atoms with Gasteiger partial charge in [0.25, 0.3) is 0 Å². The van der Waals surface area contributed by atoms with Crippen LogP contribution in [-0.2, 0) is 10.2 Å². The third-order valence-electron chi connectivity index (χ3n) is 2.76. The highest BCUT2D eigenvalue weighted by molar-refractivity contribution is 9.10. The van der Waals surface area contributed by atoms with Crippen molar-refractivity contribution in [3.8, 4) is 5.75 Å². The summed E-state index contributed by atoms with van der Waals surface area (Å²) in [4.78, 5) is 0. The summed E-state index contributed by atoms with van der Waals surface area (Å²) in [5.41, 5.74) is 7.98. The zero-order chi connectivity index (χ0) is 14.5. The second-order valence-corrected chi connectivity index (χ2v) is 6.44. The van der Waals surface area contributed by atoms with Crippen molar-refractivity contribution in [2.75, 3.05) is 25.6 Å². The fraction of sp³-hybridized carbons (Fsp3) is 0.600. The van der Waals surface area contributed by atoms with E-state index in [2.05, 4.69) is 49.7 Å². The molecular weight excluding hydrogens is 306 g/mol. The maximum absolute atomic E-state index is 6.06. The lowest BCUT2D eigenvalue weighted by molar-refractivity contribution is 0.101. The smallest absolute Gasteiger partial charge is 0.156 e. The Morgan fingerprint density at radius 2 is 1.84 bits per heavy atom. The SMILES string of the molecule is CCCOCCOc1c(N)cc(C(C)(C)C)cc1Br. The first kappa shape index (κ1) is 16.3. The Kier molecular flexibility index (Phi) is 6.14. The van der Waals surface area contributed by atoms with Crippen LogP contribution in [0.2, 0.25) is 0 Å². The predicted molar refractivity (Wildman–Crippen MR) is 83.9 cm³/mol. The van der Waals surface area contributed by atoms with Crippen molar-refractivity contribution in [2.45, 2.75) is 39.5 Å². The molecule has 0 aliphatic rings. The first-order chi connectivity index (χ1) is 8.86. The maximum Gasteiger partial charge on any atom is 0.156 e. The van der Waals surface area contributed by atoms with Crippen LogP contribution in [0.1, 0.15) is 39.7 Å². The summed E-state index contributed by atoms with van der Waals surface area (Å²) in [7, 11) is 0. The average molecular weight is 330 g/mol. The van der Waals surface area contributed by atoms with E-state index >= 15 is 0 Å². The van der Waals surface area contributed by atoms with Gasteiger partial charge in [-0.15, -0.1) is 0 Å². The molecule has 4 heteroatoms. The molecule has 0 atom stereocenters.